The third-order valence-corrected chi connectivity index (χ3v) is 6.09. The maximum absolute atomic E-state index is 13.2. The number of aromatic amines is 1. The summed E-state index contributed by atoms with van der Waals surface area (Å²) in [7, 11) is 0. The van der Waals surface area contributed by atoms with Gasteiger partial charge in [-0.15, -0.1) is 5.12 Å². The normalized spacial score (nSPS) is 17.8. The van der Waals surface area contributed by atoms with Crippen LogP contribution in [0.25, 0.3) is 10.2 Å². The van der Waals surface area contributed by atoms with Gasteiger partial charge >= 0.3 is 5.69 Å². The molecule has 1 N–H and O–H groups in total. The van der Waals surface area contributed by atoms with Gasteiger partial charge in [0.25, 0.3) is 5.56 Å². The van der Waals surface area contributed by atoms with Crippen LogP contribution >= 0.6 is 11.3 Å². The molecule has 0 aromatic carbocycles. The molecule has 3 heterocycles. The summed E-state index contributed by atoms with van der Waals surface area (Å²) < 4.78 is 1.07. The van der Waals surface area contributed by atoms with Crippen LogP contribution in [0.15, 0.2) is 19.8 Å². The van der Waals surface area contributed by atoms with Crippen molar-refractivity contribution in [3.05, 3.63) is 26.4 Å². The van der Waals surface area contributed by atoms with E-state index in [0.717, 1.165) is 11.0 Å². The number of aryl methyl sites for hydroxylation is 1. The molecule has 0 bridgehead atoms. The standard InChI is InChI=1S/C18H24N6O3S/c1-6-20-24(19-5)17-11(4)13-14(28-17)21-18(27)23(16(13)26)12-8-7-9-22(10(2)3)15(12)25/h6,10,12H,5,7-9H2,1-4H3,(H,21,27)/b20-6-. The minimum atomic E-state index is -0.790. The molecular formula is C18H24N6O3S. The van der Waals surface area contributed by atoms with Crippen molar-refractivity contribution >= 4 is 45.4 Å². The highest BCUT2D eigenvalue weighted by Crippen LogP contribution is 2.35. The fraction of sp³-hybridized carbons (Fsp3) is 0.500. The van der Waals surface area contributed by atoms with Crippen LogP contribution in [0.5, 0.6) is 0 Å². The molecule has 0 radical (unpaired) electrons. The second-order valence-electron chi connectivity index (χ2n) is 6.93. The Balaban J connectivity index is 2.19. The highest BCUT2D eigenvalue weighted by atomic mass is 32.1. The van der Waals surface area contributed by atoms with Gasteiger partial charge in [0.2, 0.25) is 5.91 Å². The summed E-state index contributed by atoms with van der Waals surface area (Å²) in [6, 6.07) is -0.774. The number of piperidine rings is 1. The Morgan fingerprint density at radius 3 is 2.68 bits per heavy atom. The number of rotatable bonds is 5. The molecule has 1 aliphatic heterocycles. The number of amides is 1. The molecule has 1 unspecified atom stereocenters. The molecule has 2 aromatic rings. The Morgan fingerprint density at radius 1 is 1.36 bits per heavy atom. The maximum Gasteiger partial charge on any atom is 0.330 e. The number of hydrogen-bond acceptors (Lipinski definition) is 7. The van der Waals surface area contributed by atoms with E-state index in [1.54, 1.807) is 25.0 Å². The maximum atomic E-state index is 13.2. The van der Waals surface area contributed by atoms with Crippen LogP contribution in [0.2, 0.25) is 0 Å². The number of nitrogens with zero attached hydrogens (tertiary/aromatic N) is 5. The number of carbonyl (C=O) groups is 1. The SMILES string of the molecule is C=NN(/N=C\C)c1sc2[nH]c(=O)n(C3CCCN(C(C)C)C3=O)c(=O)c2c1C. The molecule has 10 heteroatoms. The first kappa shape index (κ1) is 20.0. The number of fused-ring (bicyclic) bond motifs is 1. The predicted octanol–water partition coefficient (Wildman–Crippen LogP) is 2.06. The zero-order chi connectivity index (χ0) is 20.6. The molecule has 1 fully saturated rings. The Hall–Kier alpha value is -2.75. The first-order valence-electron chi connectivity index (χ1n) is 9.15. The van der Waals surface area contributed by atoms with Crippen molar-refractivity contribution in [3.63, 3.8) is 0 Å². The van der Waals surface area contributed by atoms with Gasteiger partial charge in [0, 0.05) is 31.1 Å². The van der Waals surface area contributed by atoms with Crippen molar-refractivity contribution in [3.8, 4) is 0 Å². The number of hydrogen-bond donors (Lipinski definition) is 1. The molecule has 3 rings (SSSR count). The van der Waals surface area contributed by atoms with Crippen LogP contribution in [0.1, 0.15) is 45.2 Å². The first-order valence-corrected chi connectivity index (χ1v) is 9.97. The van der Waals surface area contributed by atoms with Gasteiger partial charge in [-0.25, -0.2) is 9.36 Å². The largest absolute Gasteiger partial charge is 0.338 e. The Bertz CT molecular complexity index is 1060. The number of carbonyl (C=O) groups excluding carboxylic acids is 1. The number of hydrazone groups is 2. The Morgan fingerprint density at radius 2 is 2.07 bits per heavy atom. The van der Waals surface area contributed by atoms with Gasteiger partial charge in [-0.2, -0.15) is 10.2 Å². The molecule has 0 saturated carbocycles. The number of nitrogens with one attached hydrogen (secondary N) is 1. The summed E-state index contributed by atoms with van der Waals surface area (Å²) in [4.78, 5) is 43.8. The van der Waals surface area contributed by atoms with Crippen LogP contribution in [-0.2, 0) is 4.79 Å². The van der Waals surface area contributed by atoms with E-state index in [1.807, 2.05) is 13.8 Å². The molecule has 1 atom stereocenters. The number of anilines is 1. The third kappa shape index (κ3) is 3.17. The topological polar surface area (TPSA) is 103 Å². The summed E-state index contributed by atoms with van der Waals surface area (Å²) >= 11 is 1.20. The fourth-order valence-electron chi connectivity index (χ4n) is 3.59. The molecule has 28 heavy (non-hydrogen) atoms. The van der Waals surface area contributed by atoms with Crippen LogP contribution in [0.4, 0.5) is 5.00 Å². The van der Waals surface area contributed by atoms with Gasteiger partial charge < -0.3 is 4.90 Å². The highest BCUT2D eigenvalue weighted by molar-refractivity contribution is 7.22. The lowest BCUT2D eigenvalue weighted by Gasteiger charge is -2.35. The molecule has 9 nitrogen and oxygen atoms in total. The van der Waals surface area contributed by atoms with Gasteiger partial charge in [0.15, 0.2) is 0 Å². The zero-order valence-corrected chi connectivity index (χ0v) is 17.2. The van der Waals surface area contributed by atoms with Crippen molar-refractivity contribution in [2.75, 3.05) is 11.7 Å². The average Bonchev–Trinajstić information content (AvgIpc) is 2.97. The molecule has 150 valence electrons. The van der Waals surface area contributed by atoms with E-state index < -0.39 is 17.3 Å². The molecule has 0 spiro atoms. The number of H-pyrrole nitrogens is 1. The summed E-state index contributed by atoms with van der Waals surface area (Å²) in [5.41, 5.74) is -0.407. The van der Waals surface area contributed by atoms with Crippen LogP contribution in [-0.4, -0.2) is 45.9 Å². The third-order valence-electron chi connectivity index (χ3n) is 4.91. The van der Waals surface area contributed by atoms with Gasteiger partial charge in [-0.1, -0.05) is 11.3 Å². The van der Waals surface area contributed by atoms with Crippen molar-refractivity contribution in [2.45, 2.75) is 52.6 Å². The smallest absolute Gasteiger partial charge is 0.330 e. The summed E-state index contributed by atoms with van der Waals surface area (Å²) in [6.45, 7) is 11.5. The van der Waals surface area contributed by atoms with Crippen molar-refractivity contribution in [2.24, 2.45) is 10.2 Å². The van der Waals surface area contributed by atoms with Crippen molar-refractivity contribution < 1.29 is 4.79 Å². The van der Waals surface area contributed by atoms with Crippen LogP contribution in [0.3, 0.4) is 0 Å². The molecule has 0 aliphatic carbocycles. The van der Waals surface area contributed by atoms with Gasteiger partial charge in [0.05, 0.1) is 5.39 Å². The number of likely N-dealkylation sites (tertiary alicyclic amines) is 1. The van der Waals surface area contributed by atoms with E-state index in [4.69, 9.17) is 0 Å². The summed E-state index contributed by atoms with van der Waals surface area (Å²) in [6.07, 6.45) is 2.76. The summed E-state index contributed by atoms with van der Waals surface area (Å²) in [5, 5.41) is 10.2. The monoisotopic (exact) mass is 404 g/mol. The van der Waals surface area contributed by atoms with E-state index in [9.17, 15) is 14.4 Å². The van der Waals surface area contributed by atoms with Crippen LogP contribution in [0, 0.1) is 6.92 Å². The van der Waals surface area contributed by atoms with E-state index in [0.29, 0.717) is 33.7 Å². The van der Waals surface area contributed by atoms with Crippen molar-refractivity contribution in [1.82, 2.24) is 14.5 Å². The quantitative estimate of drug-likeness (QED) is 0.608. The van der Waals surface area contributed by atoms with E-state index in [1.165, 1.54) is 16.5 Å². The van der Waals surface area contributed by atoms with E-state index in [-0.39, 0.29) is 11.9 Å². The van der Waals surface area contributed by atoms with Gasteiger partial charge in [0.1, 0.15) is 15.9 Å². The molecule has 1 aliphatic rings. The Kier molecular flexibility index (Phi) is 5.50. The lowest BCUT2D eigenvalue weighted by molar-refractivity contribution is -0.139. The average molecular weight is 404 g/mol. The van der Waals surface area contributed by atoms with Gasteiger partial charge in [-0.05, 0) is 40.5 Å². The van der Waals surface area contributed by atoms with Crippen LogP contribution < -0.4 is 16.4 Å². The number of thiophene rings is 1. The van der Waals surface area contributed by atoms with Gasteiger partial charge in [-0.3, -0.25) is 14.6 Å². The molecule has 2 aromatic heterocycles. The minimum absolute atomic E-state index is 0.0161. The zero-order valence-electron chi connectivity index (χ0n) is 16.4. The second kappa shape index (κ2) is 7.70. The molecule has 1 saturated heterocycles. The lowest BCUT2D eigenvalue weighted by Crippen LogP contribution is -2.50. The molecule has 1 amide bonds. The Labute approximate surface area is 166 Å². The fourth-order valence-corrected chi connectivity index (χ4v) is 4.70. The van der Waals surface area contributed by atoms with E-state index in [2.05, 4.69) is 21.9 Å². The van der Waals surface area contributed by atoms with E-state index >= 15 is 0 Å². The lowest BCUT2D eigenvalue weighted by atomic mass is 10.0. The van der Waals surface area contributed by atoms with Crippen molar-refractivity contribution in [1.29, 1.82) is 0 Å². The summed E-state index contributed by atoms with van der Waals surface area (Å²) in [5.74, 6) is -0.189. The minimum Gasteiger partial charge on any atom is -0.338 e. The first-order chi connectivity index (χ1) is 13.3. The molecular weight excluding hydrogens is 380 g/mol. The second-order valence-corrected chi connectivity index (χ2v) is 7.93. The highest BCUT2D eigenvalue weighted by Gasteiger charge is 2.34. The number of aromatic nitrogens is 2. The predicted molar refractivity (Wildman–Crippen MR) is 113 cm³/mol.